The number of benzene rings is 2. The van der Waals surface area contributed by atoms with Crippen LogP contribution in [0.2, 0.25) is 0 Å². The van der Waals surface area contributed by atoms with E-state index in [9.17, 15) is 4.79 Å². The molecule has 0 saturated heterocycles. The number of hydrogen-bond acceptors (Lipinski definition) is 4. The van der Waals surface area contributed by atoms with Crippen LogP contribution in [0.1, 0.15) is 21.5 Å². The highest BCUT2D eigenvalue weighted by Gasteiger charge is 2.02. The number of oxime groups is 1. The third-order valence-corrected chi connectivity index (χ3v) is 2.69. The fourth-order valence-electron chi connectivity index (χ4n) is 1.63. The minimum atomic E-state index is -0.946. The maximum atomic E-state index is 10.7. The summed E-state index contributed by atoms with van der Waals surface area (Å²) in [6, 6.07) is 13.6. The lowest BCUT2D eigenvalue weighted by Gasteiger charge is -2.06. The van der Waals surface area contributed by atoms with Crippen LogP contribution in [0.4, 0.5) is 0 Å². The Balaban J connectivity index is 1.96. The summed E-state index contributed by atoms with van der Waals surface area (Å²) in [6.07, 6.45) is 1.33. The third-order valence-electron chi connectivity index (χ3n) is 2.69. The largest absolute Gasteiger partial charge is 0.489 e. The molecule has 0 saturated carbocycles. The van der Waals surface area contributed by atoms with Gasteiger partial charge in [-0.15, -0.1) is 0 Å². The summed E-state index contributed by atoms with van der Waals surface area (Å²) in [6.45, 7) is 0.354. The number of rotatable bonds is 5. The molecule has 0 amide bonds. The van der Waals surface area contributed by atoms with E-state index in [1.165, 1.54) is 6.21 Å². The van der Waals surface area contributed by atoms with E-state index in [-0.39, 0.29) is 5.56 Å². The van der Waals surface area contributed by atoms with E-state index < -0.39 is 5.97 Å². The highest BCUT2D eigenvalue weighted by atomic mass is 16.5. The Morgan fingerprint density at radius 3 is 2.30 bits per heavy atom. The first-order chi connectivity index (χ1) is 9.69. The number of carboxylic acids is 1. The Morgan fingerprint density at radius 2 is 1.75 bits per heavy atom. The van der Waals surface area contributed by atoms with Gasteiger partial charge in [0.25, 0.3) is 0 Å². The number of carboxylic acid groups (broad SMARTS) is 1. The van der Waals surface area contributed by atoms with Gasteiger partial charge >= 0.3 is 5.97 Å². The minimum absolute atomic E-state index is 0.251. The van der Waals surface area contributed by atoms with Crippen LogP contribution in [0.3, 0.4) is 0 Å². The second kappa shape index (κ2) is 6.38. The van der Waals surface area contributed by atoms with Crippen molar-refractivity contribution in [2.75, 3.05) is 0 Å². The molecular formula is C15H13NO4. The van der Waals surface area contributed by atoms with E-state index >= 15 is 0 Å². The molecule has 0 atom stereocenters. The SMILES string of the molecule is O=C(O)c1ccc(COc2ccc(/C=N\O)cc2)cc1. The van der Waals surface area contributed by atoms with Gasteiger partial charge in [-0.3, -0.25) is 0 Å². The Labute approximate surface area is 115 Å². The molecule has 2 aromatic carbocycles. The molecule has 0 bridgehead atoms. The summed E-state index contributed by atoms with van der Waals surface area (Å²) in [7, 11) is 0. The number of ether oxygens (including phenoxy) is 1. The normalized spacial score (nSPS) is 10.6. The lowest BCUT2D eigenvalue weighted by Crippen LogP contribution is -1.99. The zero-order valence-corrected chi connectivity index (χ0v) is 10.6. The summed E-state index contributed by atoms with van der Waals surface area (Å²) in [5.41, 5.74) is 1.91. The number of carbonyl (C=O) groups is 1. The summed E-state index contributed by atoms with van der Waals surface area (Å²) in [5, 5.41) is 20.1. The molecule has 0 aliphatic heterocycles. The van der Waals surface area contributed by atoms with Gasteiger partial charge in [-0.2, -0.15) is 0 Å². The van der Waals surface area contributed by atoms with Gasteiger partial charge in [-0.25, -0.2) is 4.79 Å². The van der Waals surface area contributed by atoms with Crippen molar-refractivity contribution in [3.8, 4) is 5.75 Å². The maximum absolute atomic E-state index is 10.7. The molecule has 0 aliphatic carbocycles. The molecule has 0 fully saturated rings. The molecule has 102 valence electrons. The molecule has 2 N–H and O–H groups in total. The molecule has 0 aliphatic rings. The van der Waals surface area contributed by atoms with Crippen molar-refractivity contribution >= 4 is 12.2 Å². The standard InChI is InChI=1S/C15H13NO4/c17-15(18)13-5-1-12(2-6-13)10-20-14-7-3-11(4-8-14)9-16-19/h1-9,19H,10H2,(H,17,18)/b16-9-. The van der Waals surface area contributed by atoms with E-state index in [0.717, 1.165) is 11.1 Å². The quantitative estimate of drug-likeness (QED) is 0.498. The Morgan fingerprint density at radius 1 is 1.10 bits per heavy atom. The van der Waals surface area contributed by atoms with Gasteiger partial charge in [0.05, 0.1) is 11.8 Å². The third kappa shape index (κ3) is 3.58. The minimum Gasteiger partial charge on any atom is -0.489 e. The van der Waals surface area contributed by atoms with E-state index in [1.807, 2.05) is 0 Å². The average Bonchev–Trinajstić information content (AvgIpc) is 2.47. The fraction of sp³-hybridized carbons (Fsp3) is 0.0667. The smallest absolute Gasteiger partial charge is 0.335 e. The molecule has 0 heterocycles. The van der Waals surface area contributed by atoms with Gasteiger partial charge in [-0.1, -0.05) is 17.3 Å². The second-order valence-electron chi connectivity index (χ2n) is 4.10. The van der Waals surface area contributed by atoms with Crippen molar-refractivity contribution in [2.45, 2.75) is 6.61 Å². The number of hydrogen-bond donors (Lipinski definition) is 2. The topological polar surface area (TPSA) is 79.1 Å². The van der Waals surface area contributed by atoms with E-state index in [0.29, 0.717) is 12.4 Å². The first kappa shape index (κ1) is 13.6. The fourth-order valence-corrected chi connectivity index (χ4v) is 1.63. The molecule has 20 heavy (non-hydrogen) atoms. The van der Waals surface area contributed by atoms with Gasteiger partial charge < -0.3 is 15.1 Å². The van der Waals surface area contributed by atoms with Crippen LogP contribution in [-0.2, 0) is 6.61 Å². The number of nitrogens with zero attached hydrogens (tertiary/aromatic N) is 1. The zero-order valence-electron chi connectivity index (χ0n) is 10.6. The van der Waals surface area contributed by atoms with Gasteiger partial charge in [0.2, 0.25) is 0 Å². The summed E-state index contributed by atoms with van der Waals surface area (Å²) in [5.74, 6) is -0.263. The van der Waals surface area contributed by atoms with Crippen molar-refractivity contribution in [1.82, 2.24) is 0 Å². The summed E-state index contributed by atoms with van der Waals surface area (Å²) >= 11 is 0. The van der Waals surface area contributed by atoms with Crippen molar-refractivity contribution in [3.05, 3.63) is 65.2 Å². The Hall–Kier alpha value is -2.82. The molecule has 2 aromatic rings. The molecular weight excluding hydrogens is 258 g/mol. The molecule has 2 rings (SSSR count). The molecule has 0 unspecified atom stereocenters. The van der Waals surface area contributed by atoms with Crippen molar-refractivity contribution in [2.24, 2.45) is 5.16 Å². The monoisotopic (exact) mass is 271 g/mol. The summed E-state index contributed by atoms with van der Waals surface area (Å²) in [4.78, 5) is 10.7. The van der Waals surface area contributed by atoms with E-state index in [4.69, 9.17) is 15.1 Å². The van der Waals surface area contributed by atoms with E-state index in [1.54, 1.807) is 48.5 Å². The van der Waals surface area contributed by atoms with Crippen LogP contribution in [0.5, 0.6) is 5.75 Å². The number of aromatic carboxylic acids is 1. The van der Waals surface area contributed by atoms with Crippen molar-refractivity contribution < 1.29 is 19.8 Å². The highest BCUT2D eigenvalue weighted by Crippen LogP contribution is 2.14. The molecule has 0 aromatic heterocycles. The van der Waals surface area contributed by atoms with Gasteiger partial charge in [0.15, 0.2) is 0 Å². The van der Waals surface area contributed by atoms with Gasteiger partial charge in [0.1, 0.15) is 12.4 Å². The van der Waals surface area contributed by atoms with Gasteiger partial charge in [0, 0.05) is 0 Å². The molecule has 5 nitrogen and oxygen atoms in total. The first-order valence-corrected chi connectivity index (χ1v) is 5.91. The zero-order chi connectivity index (χ0) is 14.4. The van der Waals surface area contributed by atoms with Crippen LogP contribution >= 0.6 is 0 Å². The van der Waals surface area contributed by atoms with Crippen molar-refractivity contribution in [1.29, 1.82) is 0 Å². The maximum Gasteiger partial charge on any atom is 0.335 e. The van der Waals surface area contributed by atoms with Crippen LogP contribution in [0, 0.1) is 0 Å². The Bertz CT molecular complexity index is 603. The summed E-state index contributed by atoms with van der Waals surface area (Å²) < 4.78 is 5.57. The second-order valence-corrected chi connectivity index (χ2v) is 4.10. The van der Waals surface area contributed by atoms with E-state index in [2.05, 4.69) is 5.16 Å². The molecule has 0 radical (unpaired) electrons. The van der Waals surface area contributed by atoms with Crippen LogP contribution in [0.15, 0.2) is 53.7 Å². The Kier molecular flexibility index (Phi) is 4.34. The molecule has 5 heteroatoms. The van der Waals surface area contributed by atoms with Gasteiger partial charge in [-0.05, 0) is 47.5 Å². The predicted molar refractivity (Wildman–Crippen MR) is 73.6 cm³/mol. The van der Waals surface area contributed by atoms with Crippen LogP contribution in [-0.4, -0.2) is 22.5 Å². The van der Waals surface area contributed by atoms with Crippen LogP contribution < -0.4 is 4.74 Å². The van der Waals surface area contributed by atoms with Crippen LogP contribution in [0.25, 0.3) is 0 Å². The molecule has 0 spiro atoms. The average molecular weight is 271 g/mol. The lowest BCUT2D eigenvalue weighted by atomic mass is 10.1. The van der Waals surface area contributed by atoms with Crippen molar-refractivity contribution in [3.63, 3.8) is 0 Å². The first-order valence-electron chi connectivity index (χ1n) is 5.91. The lowest BCUT2D eigenvalue weighted by molar-refractivity contribution is 0.0697. The highest BCUT2D eigenvalue weighted by molar-refractivity contribution is 5.87. The predicted octanol–water partition coefficient (Wildman–Crippen LogP) is 2.77.